The van der Waals surface area contributed by atoms with E-state index in [4.69, 9.17) is 4.74 Å². The van der Waals surface area contributed by atoms with E-state index in [0.29, 0.717) is 6.54 Å². The van der Waals surface area contributed by atoms with Gasteiger partial charge in [0.2, 0.25) is 0 Å². The van der Waals surface area contributed by atoms with Crippen LogP contribution >= 0.6 is 0 Å². The number of carbonyl (C=O) groups is 1. The van der Waals surface area contributed by atoms with Crippen LogP contribution in [0.25, 0.3) is 0 Å². The van der Waals surface area contributed by atoms with Gasteiger partial charge in [-0.05, 0) is 41.8 Å². The molecule has 3 aromatic carbocycles. The van der Waals surface area contributed by atoms with Crippen LogP contribution in [0, 0.1) is 6.92 Å². The maximum atomic E-state index is 13.0. The third-order valence-electron chi connectivity index (χ3n) is 6.22. The van der Waals surface area contributed by atoms with Gasteiger partial charge >= 0.3 is 0 Å². The van der Waals surface area contributed by atoms with Crippen LogP contribution in [0.1, 0.15) is 22.7 Å². The van der Waals surface area contributed by atoms with Gasteiger partial charge < -0.3 is 19.9 Å². The van der Waals surface area contributed by atoms with Crippen molar-refractivity contribution < 1.29 is 14.4 Å². The molecular weight excluding hydrogens is 398 g/mol. The van der Waals surface area contributed by atoms with Crippen LogP contribution in [0.5, 0.6) is 5.75 Å². The second kappa shape index (κ2) is 10.3. The molecule has 0 radical (unpaired) electrons. The van der Waals surface area contributed by atoms with Crippen molar-refractivity contribution in [1.82, 2.24) is 5.32 Å². The summed E-state index contributed by atoms with van der Waals surface area (Å²) in [5, 5.41) is 3.27. The molecule has 0 aromatic heterocycles. The van der Waals surface area contributed by atoms with E-state index < -0.39 is 0 Å². The Morgan fingerprint density at radius 3 is 2.22 bits per heavy atom. The molecule has 1 aliphatic rings. The number of ether oxygens (including phenoxy) is 1. The summed E-state index contributed by atoms with van der Waals surface area (Å²) in [6, 6.07) is 26.4. The number of quaternary nitrogens is 1. The fourth-order valence-electron chi connectivity index (χ4n) is 4.40. The van der Waals surface area contributed by atoms with Gasteiger partial charge in [-0.25, -0.2) is 0 Å². The Bertz CT molecular complexity index is 1010. The number of hydrogen-bond acceptors (Lipinski definition) is 3. The number of anilines is 1. The largest absolute Gasteiger partial charge is 0.497 e. The van der Waals surface area contributed by atoms with Crippen molar-refractivity contribution >= 4 is 11.6 Å². The lowest BCUT2D eigenvalue weighted by Gasteiger charge is -2.34. The van der Waals surface area contributed by atoms with Crippen LogP contribution in [0.3, 0.4) is 0 Å². The zero-order valence-corrected chi connectivity index (χ0v) is 18.9. The monoisotopic (exact) mass is 430 g/mol. The lowest BCUT2D eigenvalue weighted by molar-refractivity contribution is -0.892. The number of benzene rings is 3. The summed E-state index contributed by atoms with van der Waals surface area (Å²) >= 11 is 0. The molecule has 4 rings (SSSR count). The first-order valence-electron chi connectivity index (χ1n) is 11.3. The topological polar surface area (TPSA) is 46.0 Å². The zero-order chi connectivity index (χ0) is 22.3. The molecule has 0 aliphatic carbocycles. The number of piperazine rings is 1. The van der Waals surface area contributed by atoms with Gasteiger partial charge in [0.1, 0.15) is 5.75 Å². The summed E-state index contributed by atoms with van der Waals surface area (Å²) in [6.07, 6.45) is 0. The van der Waals surface area contributed by atoms with Gasteiger partial charge in [0, 0.05) is 5.69 Å². The van der Waals surface area contributed by atoms with Gasteiger partial charge in [-0.3, -0.25) is 4.79 Å². The van der Waals surface area contributed by atoms with E-state index in [0.717, 1.165) is 43.1 Å². The predicted molar refractivity (Wildman–Crippen MR) is 128 cm³/mol. The van der Waals surface area contributed by atoms with Crippen LogP contribution in [-0.2, 0) is 4.79 Å². The van der Waals surface area contributed by atoms with Crippen molar-refractivity contribution in [3.05, 3.63) is 95.6 Å². The van der Waals surface area contributed by atoms with Crippen LogP contribution < -0.4 is 19.9 Å². The third kappa shape index (κ3) is 5.29. The fraction of sp³-hybridized carbons (Fsp3) is 0.296. The first-order valence-corrected chi connectivity index (χ1v) is 11.3. The second-order valence-electron chi connectivity index (χ2n) is 8.38. The van der Waals surface area contributed by atoms with E-state index >= 15 is 0 Å². The number of carbonyl (C=O) groups excluding carboxylic acids is 1. The summed E-state index contributed by atoms with van der Waals surface area (Å²) in [4.78, 5) is 16.8. The SMILES string of the molecule is COc1ccc([C@H](NC(=O)C[NH+]2CCN(c3ccccc3C)CC2)c2ccccc2)cc1. The van der Waals surface area contributed by atoms with Gasteiger partial charge in [-0.15, -0.1) is 0 Å². The highest BCUT2D eigenvalue weighted by Gasteiger charge is 2.25. The highest BCUT2D eigenvalue weighted by atomic mass is 16.5. The van der Waals surface area contributed by atoms with Gasteiger partial charge in [-0.2, -0.15) is 0 Å². The molecule has 1 fully saturated rings. The summed E-state index contributed by atoms with van der Waals surface area (Å²) < 4.78 is 5.29. The Morgan fingerprint density at radius 1 is 0.938 bits per heavy atom. The molecule has 5 heteroatoms. The zero-order valence-electron chi connectivity index (χ0n) is 18.9. The van der Waals surface area contributed by atoms with E-state index in [2.05, 4.69) is 53.5 Å². The number of amides is 1. The number of methoxy groups -OCH3 is 1. The predicted octanol–water partition coefficient (Wildman–Crippen LogP) is 2.61. The summed E-state index contributed by atoms with van der Waals surface area (Å²) in [5.41, 5.74) is 4.73. The molecule has 1 heterocycles. The fourth-order valence-corrected chi connectivity index (χ4v) is 4.40. The molecule has 0 bridgehead atoms. The molecule has 1 atom stereocenters. The first kappa shape index (κ1) is 21.9. The number of rotatable bonds is 7. The van der Waals surface area contributed by atoms with Gasteiger partial charge in [0.15, 0.2) is 6.54 Å². The maximum absolute atomic E-state index is 13.0. The molecule has 3 aromatic rings. The molecule has 1 saturated heterocycles. The molecule has 2 N–H and O–H groups in total. The molecule has 0 unspecified atom stereocenters. The quantitative estimate of drug-likeness (QED) is 0.606. The number of nitrogens with zero attached hydrogens (tertiary/aromatic N) is 1. The van der Waals surface area contributed by atoms with Gasteiger partial charge in [-0.1, -0.05) is 60.7 Å². The number of aryl methyl sites for hydroxylation is 1. The van der Waals surface area contributed by atoms with E-state index in [1.165, 1.54) is 16.2 Å². The van der Waals surface area contributed by atoms with E-state index in [-0.39, 0.29) is 11.9 Å². The van der Waals surface area contributed by atoms with Crippen molar-refractivity contribution in [2.24, 2.45) is 0 Å². The molecule has 0 spiro atoms. The minimum absolute atomic E-state index is 0.0778. The van der Waals surface area contributed by atoms with E-state index in [1.807, 2.05) is 42.5 Å². The molecule has 1 amide bonds. The van der Waals surface area contributed by atoms with Gasteiger partial charge in [0.25, 0.3) is 5.91 Å². The molecule has 166 valence electrons. The Morgan fingerprint density at radius 2 is 1.56 bits per heavy atom. The van der Waals surface area contributed by atoms with Crippen LogP contribution in [0.4, 0.5) is 5.69 Å². The minimum atomic E-state index is -0.178. The minimum Gasteiger partial charge on any atom is -0.497 e. The van der Waals surface area contributed by atoms with Crippen LogP contribution in [-0.4, -0.2) is 45.7 Å². The number of nitrogens with one attached hydrogen (secondary N) is 2. The second-order valence-corrected chi connectivity index (χ2v) is 8.38. The Balaban J connectivity index is 1.39. The van der Waals surface area contributed by atoms with Crippen molar-refractivity contribution in [1.29, 1.82) is 0 Å². The summed E-state index contributed by atoms with van der Waals surface area (Å²) in [7, 11) is 1.66. The average Bonchev–Trinajstić information content (AvgIpc) is 2.84. The number of hydrogen-bond donors (Lipinski definition) is 2. The lowest BCUT2D eigenvalue weighted by Crippen LogP contribution is -3.16. The number of para-hydroxylation sites is 1. The normalized spacial score (nSPS) is 15.2. The van der Waals surface area contributed by atoms with E-state index in [9.17, 15) is 4.79 Å². The molecule has 0 saturated carbocycles. The van der Waals surface area contributed by atoms with Crippen molar-refractivity contribution in [3.8, 4) is 5.75 Å². The Kier molecular flexibility index (Phi) is 7.07. The molecule has 1 aliphatic heterocycles. The average molecular weight is 431 g/mol. The molecule has 5 nitrogen and oxygen atoms in total. The maximum Gasteiger partial charge on any atom is 0.275 e. The Labute approximate surface area is 190 Å². The Hall–Kier alpha value is -3.31. The highest BCUT2D eigenvalue weighted by Crippen LogP contribution is 2.24. The lowest BCUT2D eigenvalue weighted by atomic mass is 9.98. The first-order chi connectivity index (χ1) is 15.6. The van der Waals surface area contributed by atoms with Gasteiger partial charge in [0.05, 0.1) is 39.3 Å². The van der Waals surface area contributed by atoms with Crippen molar-refractivity contribution in [2.75, 3.05) is 44.7 Å². The van der Waals surface area contributed by atoms with Crippen molar-refractivity contribution in [2.45, 2.75) is 13.0 Å². The molecular formula is C27H32N3O2+. The smallest absolute Gasteiger partial charge is 0.275 e. The third-order valence-corrected chi connectivity index (χ3v) is 6.22. The summed E-state index contributed by atoms with van der Waals surface area (Å²) in [6.45, 7) is 6.49. The van der Waals surface area contributed by atoms with Crippen LogP contribution in [0.2, 0.25) is 0 Å². The summed E-state index contributed by atoms with van der Waals surface area (Å²) in [5.74, 6) is 0.886. The van der Waals surface area contributed by atoms with Crippen LogP contribution in [0.15, 0.2) is 78.9 Å². The molecule has 32 heavy (non-hydrogen) atoms. The van der Waals surface area contributed by atoms with E-state index in [1.54, 1.807) is 7.11 Å². The standard InChI is InChI=1S/C27H31N3O2/c1-21-8-6-7-11-25(21)30-18-16-29(17-19-30)20-26(31)28-27(22-9-4-3-5-10-22)23-12-14-24(32-2)15-13-23/h3-15,27H,16-20H2,1-2H3,(H,28,31)/p+1/t27-/m1/s1. The van der Waals surface area contributed by atoms with Crippen molar-refractivity contribution in [3.63, 3.8) is 0 Å². The highest BCUT2D eigenvalue weighted by molar-refractivity contribution is 5.78.